The molecule has 2 aliphatic rings. The number of rotatable bonds is 3. The van der Waals surface area contributed by atoms with Gasteiger partial charge in [-0.25, -0.2) is 0 Å². The highest BCUT2D eigenvalue weighted by Gasteiger charge is 2.30. The van der Waals surface area contributed by atoms with Gasteiger partial charge in [0.05, 0.1) is 6.10 Å². The second-order valence-corrected chi connectivity index (χ2v) is 5.11. The van der Waals surface area contributed by atoms with Crippen LogP contribution in [0.25, 0.3) is 0 Å². The first-order valence-electron chi connectivity index (χ1n) is 6.22. The summed E-state index contributed by atoms with van der Waals surface area (Å²) in [5.41, 5.74) is 0. The van der Waals surface area contributed by atoms with Gasteiger partial charge in [0.2, 0.25) is 5.91 Å². The fourth-order valence-electron chi connectivity index (χ4n) is 2.44. The SMILES string of the molecule is COC1CN(C(=O)CC2CNC2)CCC1C. The van der Waals surface area contributed by atoms with E-state index < -0.39 is 0 Å². The van der Waals surface area contributed by atoms with Crippen molar-refractivity contribution in [1.29, 1.82) is 0 Å². The lowest BCUT2D eigenvalue weighted by molar-refractivity contribution is -0.137. The van der Waals surface area contributed by atoms with Crippen molar-refractivity contribution in [1.82, 2.24) is 10.2 Å². The molecule has 2 saturated heterocycles. The van der Waals surface area contributed by atoms with Crippen LogP contribution in [0.1, 0.15) is 19.8 Å². The lowest BCUT2D eigenvalue weighted by atomic mass is 9.94. The first-order valence-corrected chi connectivity index (χ1v) is 6.22. The quantitative estimate of drug-likeness (QED) is 0.761. The van der Waals surface area contributed by atoms with E-state index in [1.807, 2.05) is 4.90 Å². The Morgan fingerprint density at radius 2 is 2.25 bits per heavy atom. The molecule has 0 bridgehead atoms. The zero-order valence-electron chi connectivity index (χ0n) is 10.2. The number of ether oxygens (including phenoxy) is 1. The number of nitrogens with one attached hydrogen (secondary N) is 1. The van der Waals surface area contributed by atoms with Crippen molar-refractivity contribution in [3.63, 3.8) is 0 Å². The van der Waals surface area contributed by atoms with Crippen molar-refractivity contribution in [2.24, 2.45) is 11.8 Å². The molecule has 0 spiro atoms. The molecular formula is C12H22N2O2. The fraction of sp³-hybridized carbons (Fsp3) is 0.917. The van der Waals surface area contributed by atoms with Gasteiger partial charge in [-0.15, -0.1) is 0 Å². The number of amides is 1. The summed E-state index contributed by atoms with van der Waals surface area (Å²) in [6, 6.07) is 0. The standard InChI is InChI=1S/C12H22N2O2/c1-9-3-4-14(8-11(9)16-2)12(15)5-10-6-13-7-10/h9-11,13H,3-8H2,1-2H3. The summed E-state index contributed by atoms with van der Waals surface area (Å²) in [7, 11) is 1.74. The van der Waals surface area contributed by atoms with E-state index in [0.717, 1.165) is 32.6 Å². The summed E-state index contributed by atoms with van der Waals surface area (Å²) in [5.74, 6) is 1.44. The molecule has 2 unspecified atom stereocenters. The minimum atomic E-state index is 0.220. The number of methoxy groups -OCH3 is 1. The average Bonchev–Trinajstić information content (AvgIpc) is 2.24. The Balaban J connectivity index is 1.81. The normalized spacial score (nSPS) is 31.2. The van der Waals surface area contributed by atoms with E-state index in [9.17, 15) is 4.79 Å². The molecule has 2 aliphatic heterocycles. The largest absolute Gasteiger partial charge is 0.379 e. The second kappa shape index (κ2) is 5.15. The summed E-state index contributed by atoms with van der Waals surface area (Å²) >= 11 is 0. The van der Waals surface area contributed by atoms with Crippen LogP contribution in [0.4, 0.5) is 0 Å². The van der Waals surface area contributed by atoms with Gasteiger partial charge in [-0.1, -0.05) is 6.92 Å². The van der Waals surface area contributed by atoms with Crippen LogP contribution in [-0.2, 0) is 9.53 Å². The highest BCUT2D eigenvalue weighted by Crippen LogP contribution is 2.21. The van der Waals surface area contributed by atoms with Gasteiger partial charge in [-0.2, -0.15) is 0 Å². The molecule has 1 amide bonds. The molecule has 16 heavy (non-hydrogen) atoms. The van der Waals surface area contributed by atoms with Crippen LogP contribution >= 0.6 is 0 Å². The molecule has 2 heterocycles. The second-order valence-electron chi connectivity index (χ2n) is 5.11. The predicted molar refractivity (Wildman–Crippen MR) is 62.1 cm³/mol. The molecule has 0 aromatic carbocycles. The van der Waals surface area contributed by atoms with Crippen LogP contribution < -0.4 is 5.32 Å². The molecule has 4 heteroatoms. The Labute approximate surface area is 97.3 Å². The Morgan fingerprint density at radius 1 is 1.50 bits per heavy atom. The highest BCUT2D eigenvalue weighted by molar-refractivity contribution is 5.76. The smallest absolute Gasteiger partial charge is 0.223 e. The number of piperidine rings is 1. The molecule has 0 radical (unpaired) electrons. The number of likely N-dealkylation sites (tertiary alicyclic amines) is 1. The molecule has 2 rings (SSSR count). The van der Waals surface area contributed by atoms with Gasteiger partial charge >= 0.3 is 0 Å². The van der Waals surface area contributed by atoms with Crippen LogP contribution in [0.2, 0.25) is 0 Å². The molecule has 92 valence electrons. The van der Waals surface area contributed by atoms with Crippen molar-refractivity contribution < 1.29 is 9.53 Å². The van der Waals surface area contributed by atoms with Gasteiger partial charge in [-0.05, 0) is 31.3 Å². The Morgan fingerprint density at radius 3 is 2.81 bits per heavy atom. The third-order valence-corrected chi connectivity index (χ3v) is 3.87. The van der Waals surface area contributed by atoms with Crippen molar-refractivity contribution in [3.05, 3.63) is 0 Å². The highest BCUT2D eigenvalue weighted by atomic mass is 16.5. The third kappa shape index (κ3) is 2.55. The number of hydrogen-bond acceptors (Lipinski definition) is 3. The molecule has 0 saturated carbocycles. The molecule has 1 N–H and O–H groups in total. The Hall–Kier alpha value is -0.610. The molecule has 0 aliphatic carbocycles. The average molecular weight is 226 g/mol. The summed E-state index contributed by atoms with van der Waals surface area (Å²) in [6.45, 7) is 5.88. The van der Waals surface area contributed by atoms with Crippen LogP contribution in [0.15, 0.2) is 0 Å². The predicted octanol–water partition coefficient (Wildman–Crippen LogP) is 0.479. The zero-order chi connectivity index (χ0) is 11.5. The number of carbonyl (C=O) groups is 1. The number of hydrogen-bond donors (Lipinski definition) is 1. The molecule has 4 nitrogen and oxygen atoms in total. The van der Waals surface area contributed by atoms with Gasteiger partial charge in [0.15, 0.2) is 0 Å². The van der Waals surface area contributed by atoms with Gasteiger partial charge < -0.3 is 15.0 Å². The van der Waals surface area contributed by atoms with Crippen LogP contribution in [0, 0.1) is 11.8 Å². The fourth-order valence-corrected chi connectivity index (χ4v) is 2.44. The van der Waals surface area contributed by atoms with E-state index in [4.69, 9.17) is 4.74 Å². The van der Waals surface area contributed by atoms with Crippen molar-refractivity contribution in [2.45, 2.75) is 25.9 Å². The van der Waals surface area contributed by atoms with Crippen molar-refractivity contribution in [2.75, 3.05) is 33.3 Å². The summed E-state index contributed by atoms with van der Waals surface area (Å²) in [6.07, 6.45) is 1.99. The molecule has 2 fully saturated rings. The molecule has 0 aromatic rings. The Kier molecular flexibility index (Phi) is 3.82. The maximum atomic E-state index is 12.0. The first-order chi connectivity index (χ1) is 7.70. The molecule has 2 atom stereocenters. The van der Waals surface area contributed by atoms with Crippen LogP contribution in [-0.4, -0.2) is 50.2 Å². The van der Waals surface area contributed by atoms with E-state index in [-0.39, 0.29) is 6.10 Å². The lowest BCUT2D eigenvalue weighted by Crippen LogP contribution is -2.49. The van der Waals surface area contributed by atoms with Crippen molar-refractivity contribution >= 4 is 5.91 Å². The van der Waals surface area contributed by atoms with Gasteiger partial charge in [0, 0.05) is 26.6 Å². The first kappa shape index (κ1) is 11.9. The minimum Gasteiger partial charge on any atom is -0.379 e. The van der Waals surface area contributed by atoms with E-state index in [1.54, 1.807) is 7.11 Å². The lowest BCUT2D eigenvalue weighted by Gasteiger charge is -2.37. The summed E-state index contributed by atoms with van der Waals surface area (Å²) < 4.78 is 5.42. The number of nitrogens with zero attached hydrogens (tertiary/aromatic N) is 1. The van der Waals surface area contributed by atoms with Gasteiger partial charge in [0.1, 0.15) is 0 Å². The monoisotopic (exact) mass is 226 g/mol. The van der Waals surface area contributed by atoms with Crippen molar-refractivity contribution in [3.8, 4) is 0 Å². The number of carbonyl (C=O) groups excluding carboxylic acids is 1. The van der Waals surface area contributed by atoms with Crippen LogP contribution in [0.3, 0.4) is 0 Å². The Bertz CT molecular complexity index is 253. The van der Waals surface area contributed by atoms with E-state index >= 15 is 0 Å². The topological polar surface area (TPSA) is 41.6 Å². The van der Waals surface area contributed by atoms with E-state index in [0.29, 0.717) is 24.2 Å². The maximum Gasteiger partial charge on any atom is 0.223 e. The van der Waals surface area contributed by atoms with E-state index in [1.165, 1.54) is 0 Å². The van der Waals surface area contributed by atoms with Gasteiger partial charge in [-0.3, -0.25) is 4.79 Å². The molecular weight excluding hydrogens is 204 g/mol. The molecule has 0 aromatic heterocycles. The summed E-state index contributed by atoms with van der Waals surface area (Å²) in [5, 5.41) is 3.20. The van der Waals surface area contributed by atoms with E-state index in [2.05, 4.69) is 12.2 Å². The maximum absolute atomic E-state index is 12.0. The zero-order valence-corrected chi connectivity index (χ0v) is 10.2. The summed E-state index contributed by atoms with van der Waals surface area (Å²) in [4.78, 5) is 14.0. The minimum absolute atomic E-state index is 0.220. The third-order valence-electron chi connectivity index (χ3n) is 3.87. The van der Waals surface area contributed by atoms with Gasteiger partial charge in [0.25, 0.3) is 0 Å². The van der Waals surface area contributed by atoms with Crippen LogP contribution in [0.5, 0.6) is 0 Å².